The van der Waals surface area contributed by atoms with Crippen LogP contribution in [0.2, 0.25) is 0 Å². The minimum atomic E-state index is -0.536. The maximum Gasteiger partial charge on any atom is 0.261 e. The first-order valence-corrected chi connectivity index (χ1v) is 6.30. The molecule has 5 nitrogen and oxygen atoms in total. The molecule has 3 N–H and O–H groups in total. The summed E-state index contributed by atoms with van der Waals surface area (Å²) < 4.78 is 1.22. The average molecular weight is 272 g/mol. The SMILES string of the molecule is CCc1c(C)cc(O)n(-c2ccc(C(N)=O)cc2)c1=O. The van der Waals surface area contributed by atoms with E-state index in [-0.39, 0.29) is 11.4 Å². The van der Waals surface area contributed by atoms with E-state index in [1.165, 1.54) is 16.7 Å². The Balaban J connectivity index is 2.63. The van der Waals surface area contributed by atoms with Gasteiger partial charge in [0.1, 0.15) is 0 Å². The number of hydrogen-bond donors (Lipinski definition) is 2. The highest BCUT2D eigenvalue weighted by atomic mass is 16.3. The second-order valence-electron chi connectivity index (χ2n) is 4.57. The van der Waals surface area contributed by atoms with Gasteiger partial charge < -0.3 is 10.8 Å². The first-order valence-electron chi connectivity index (χ1n) is 6.30. The third-order valence-corrected chi connectivity index (χ3v) is 3.28. The summed E-state index contributed by atoms with van der Waals surface area (Å²) in [5, 5.41) is 10.00. The van der Waals surface area contributed by atoms with Crippen LogP contribution in [0, 0.1) is 6.92 Å². The van der Waals surface area contributed by atoms with Gasteiger partial charge in [-0.1, -0.05) is 6.92 Å². The average Bonchev–Trinajstić information content (AvgIpc) is 2.39. The fourth-order valence-electron chi connectivity index (χ4n) is 2.21. The number of amides is 1. The van der Waals surface area contributed by atoms with Crippen molar-refractivity contribution < 1.29 is 9.90 Å². The van der Waals surface area contributed by atoms with E-state index >= 15 is 0 Å². The lowest BCUT2D eigenvalue weighted by Gasteiger charge is -2.12. The number of carbonyl (C=O) groups excluding carboxylic acids is 1. The number of rotatable bonds is 3. The van der Waals surface area contributed by atoms with Gasteiger partial charge in [0.05, 0.1) is 5.69 Å². The molecule has 0 radical (unpaired) electrons. The van der Waals surface area contributed by atoms with Gasteiger partial charge in [0, 0.05) is 17.2 Å². The molecule has 0 bridgehead atoms. The Labute approximate surface area is 116 Å². The van der Waals surface area contributed by atoms with Gasteiger partial charge in [-0.2, -0.15) is 0 Å². The maximum atomic E-state index is 12.4. The lowest BCUT2D eigenvalue weighted by molar-refractivity contribution is 0.100. The van der Waals surface area contributed by atoms with Gasteiger partial charge in [-0.05, 0) is 43.2 Å². The molecule has 20 heavy (non-hydrogen) atoms. The van der Waals surface area contributed by atoms with Gasteiger partial charge in [0.2, 0.25) is 5.91 Å². The molecule has 1 heterocycles. The van der Waals surface area contributed by atoms with Crippen molar-refractivity contribution in [1.29, 1.82) is 0 Å². The standard InChI is InChI=1S/C15H16N2O3/c1-3-12-9(2)8-13(18)17(15(12)20)11-6-4-10(5-7-11)14(16)19/h4-8,18H,3H2,1-2H3,(H2,16,19). The van der Waals surface area contributed by atoms with Gasteiger partial charge in [0.25, 0.3) is 5.56 Å². The van der Waals surface area contributed by atoms with E-state index in [0.717, 1.165) is 5.56 Å². The van der Waals surface area contributed by atoms with Crippen molar-refractivity contribution in [3.05, 3.63) is 57.4 Å². The Morgan fingerprint density at radius 3 is 2.40 bits per heavy atom. The number of aromatic nitrogens is 1. The summed E-state index contributed by atoms with van der Waals surface area (Å²) in [6.45, 7) is 3.68. The summed E-state index contributed by atoms with van der Waals surface area (Å²) in [6.07, 6.45) is 0.588. The van der Waals surface area contributed by atoms with Crippen molar-refractivity contribution >= 4 is 5.91 Å². The number of carbonyl (C=O) groups is 1. The van der Waals surface area contributed by atoms with Crippen LogP contribution in [-0.2, 0) is 6.42 Å². The molecule has 2 aromatic rings. The quantitative estimate of drug-likeness (QED) is 0.888. The molecular formula is C15H16N2O3. The normalized spacial score (nSPS) is 10.5. The molecule has 0 spiro atoms. The van der Waals surface area contributed by atoms with Crippen LogP contribution in [0.15, 0.2) is 35.1 Å². The molecule has 0 aliphatic heterocycles. The van der Waals surface area contributed by atoms with Gasteiger partial charge in [-0.3, -0.25) is 9.59 Å². The minimum absolute atomic E-state index is 0.128. The molecule has 0 saturated carbocycles. The number of nitrogens with two attached hydrogens (primary N) is 1. The molecule has 0 fully saturated rings. The maximum absolute atomic E-state index is 12.4. The number of pyridine rings is 1. The molecule has 1 aromatic carbocycles. The molecule has 0 atom stereocenters. The van der Waals surface area contributed by atoms with Crippen molar-refractivity contribution in [1.82, 2.24) is 4.57 Å². The van der Waals surface area contributed by atoms with E-state index in [0.29, 0.717) is 23.2 Å². The van der Waals surface area contributed by atoms with Crippen LogP contribution in [0.3, 0.4) is 0 Å². The van der Waals surface area contributed by atoms with E-state index < -0.39 is 5.91 Å². The Bertz CT molecular complexity index is 715. The van der Waals surface area contributed by atoms with Crippen molar-refractivity contribution in [2.24, 2.45) is 5.73 Å². The van der Waals surface area contributed by atoms with E-state index in [2.05, 4.69) is 0 Å². The highest BCUT2D eigenvalue weighted by Gasteiger charge is 2.12. The second kappa shape index (κ2) is 5.21. The summed E-state index contributed by atoms with van der Waals surface area (Å²) in [4.78, 5) is 23.4. The van der Waals surface area contributed by atoms with Gasteiger partial charge in [0.15, 0.2) is 5.88 Å². The topological polar surface area (TPSA) is 85.3 Å². The number of hydrogen-bond acceptors (Lipinski definition) is 3. The predicted octanol–water partition coefficient (Wildman–Crippen LogP) is 1.51. The van der Waals surface area contributed by atoms with Crippen molar-refractivity contribution in [3.63, 3.8) is 0 Å². The fraction of sp³-hybridized carbons (Fsp3) is 0.200. The summed E-state index contributed by atoms with van der Waals surface area (Å²) in [7, 11) is 0. The lowest BCUT2D eigenvalue weighted by Crippen LogP contribution is -2.23. The van der Waals surface area contributed by atoms with Crippen LogP contribution in [0.4, 0.5) is 0 Å². The Morgan fingerprint density at radius 2 is 1.90 bits per heavy atom. The third kappa shape index (κ3) is 2.30. The van der Waals surface area contributed by atoms with Crippen LogP contribution in [0.1, 0.15) is 28.4 Å². The number of aryl methyl sites for hydroxylation is 1. The first-order chi connectivity index (χ1) is 9.45. The summed E-state index contributed by atoms with van der Waals surface area (Å²) in [5.41, 5.74) is 7.18. The monoisotopic (exact) mass is 272 g/mol. The number of aromatic hydroxyl groups is 1. The molecule has 0 unspecified atom stereocenters. The van der Waals surface area contributed by atoms with Crippen molar-refractivity contribution in [2.45, 2.75) is 20.3 Å². The lowest BCUT2D eigenvalue weighted by atomic mass is 10.1. The van der Waals surface area contributed by atoms with Crippen LogP contribution in [-0.4, -0.2) is 15.6 Å². The van der Waals surface area contributed by atoms with Crippen LogP contribution >= 0.6 is 0 Å². The van der Waals surface area contributed by atoms with E-state index in [1.54, 1.807) is 25.1 Å². The predicted molar refractivity (Wildman–Crippen MR) is 76.3 cm³/mol. The number of benzene rings is 1. The summed E-state index contributed by atoms with van der Waals surface area (Å²) >= 11 is 0. The molecular weight excluding hydrogens is 256 g/mol. The van der Waals surface area contributed by atoms with Gasteiger partial charge in [-0.25, -0.2) is 4.57 Å². The van der Waals surface area contributed by atoms with E-state index in [9.17, 15) is 14.7 Å². The number of nitrogens with zero attached hydrogens (tertiary/aromatic N) is 1. The highest BCUT2D eigenvalue weighted by Crippen LogP contribution is 2.18. The molecule has 0 aliphatic rings. The fourth-order valence-corrected chi connectivity index (χ4v) is 2.21. The summed E-state index contributed by atoms with van der Waals surface area (Å²) in [6, 6.07) is 7.76. The highest BCUT2D eigenvalue weighted by molar-refractivity contribution is 5.92. The Hall–Kier alpha value is -2.56. The van der Waals surface area contributed by atoms with E-state index in [4.69, 9.17) is 5.73 Å². The molecule has 0 saturated heterocycles. The minimum Gasteiger partial charge on any atom is -0.494 e. The zero-order valence-electron chi connectivity index (χ0n) is 11.4. The molecule has 104 valence electrons. The molecule has 0 aliphatic carbocycles. The van der Waals surface area contributed by atoms with Crippen LogP contribution in [0.5, 0.6) is 5.88 Å². The largest absolute Gasteiger partial charge is 0.494 e. The van der Waals surface area contributed by atoms with Crippen LogP contribution < -0.4 is 11.3 Å². The van der Waals surface area contributed by atoms with Crippen LogP contribution in [0.25, 0.3) is 5.69 Å². The Morgan fingerprint density at radius 1 is 1.30 bits per heavy atom. The first kappa shape index (κ1) is 13.9. The summed E-state index contributed by atoms with van der Waals surface area (Å²) in [5.74, 6) is -0.664. The smallest absolute Gasteiger partial charge is 0.261 e. The van der Waals surface area contributed by atoms with Crippen molar-refractivity contribution in [2.75, 3.05) is 0 Å². The van der Waals surface area contributed by atoms with Gasteiger partial charge >= 0.3 is 0 Å². The zero-order valence-corrected chi connectivity index (χ0v) is 11.4. The molecule has 5 heteroatoms. The molecule has 1 aromatic heterocycles. The van der Waals surface area contributed by atoms with E-state index in [1.807, 2.05) is 6.92 Å². The van der Waals surface area contributed by atoms with Crippen molar-refractivity contribution in [3.8, 4) is 11.6 Å². The molecule has 1 amide bonds. The zero-order chi connectivity index (χ0) is 14.9. The number of primary amides is 1. The second-order valence-corrected chi connectivity index (χ2v) is 4.57. The third-order valence-electron chi connectivity index (χ3n) is 3.28. The molecule has 2 rings (SSSR count). The van der Waals surface area contributed by atoms with Gasteiger partial charge in [-0.15, -0.1) is 0 Å². The Kier molecular flexibility index (Phi) is 3.61.